The molecule has 0 saturated carbocycles. The topological polar surface area (TPSA) is 34.2 Å². The lowest BCUT2D eigenvalue weighted by atomic mass is 9.97. The number of aromatic nitrogens is 1. The summed E-state index contributed by atoms with van der Waals surface area (Å²) in [6.45, 7) is 10.5. The lowest BCUT2D eigenvalue weighted by Gasteiger charge is -2.31. The van der Waals surface area contributed by atoms with Gasteiger partial charge in [-0.2, -0.15) is 0 Å². The summed E-state index contributed by atoms with van der Waals surface area (Å²) in [5.41, 5.74) is -0.00169. The van der Waals surface area contributed by atoms with E-state index < -0.39 is 0 Å². The van der Waals surface area contributed by atoms with Crippen LogP contribution in [-0.4, -0.2) is 17.1 Å². The van der Waals surface area contributed by atoms with E-state index in [4.69, 9.17) is 4.74 Å². The third-order valence-electron chi connectivity index (χ3n) is 3.27. The summed E-state index contributed by atoms with van der Waals surface area (Å²) in [7, 11) is 0. The minimum Gasteiger partial charge on any atom is -0.368 e. The van der Waals surface area contributed by atoms with E-state index in [0.29, 0.717) is 0 Å². The van der Waals surface area contributed by atoms with E-state index in [2.05, 4.69) is 38.0 Å². The number of rotatable bonds is 3. The van der Waals surface area contributed by atoms with Crippen LogP contribution in [-0.2, 0) is 16.9 Å². The standard InChI is InChI=1S/C14H24N2OS/c1-13(2,3)16-10-11-9-15-12(18-11)14(4)7-5-6-8-17-14/h9,16H,5-8,10H2,1-4H3. The Hall–Kier alpha value is -0.450. The molecule has 1 aromatic heterocycles. The van der Waals surface area contributed by atoms with Crippen molar-refractivity contribution in [3.63, 3.8) is 0 Å². The molecule has 102 valence electrons. The molecule has 0 amide bonds. The Labute approximate surface area is 114 Å². The second-order valence-corrected chi connectivity index (χ2v) is 7.39. The smallest absolute Gasteiger partial charge is 0.125 e. The van der Waals surface area contributed by atoms with Crippen molar-refractivity contribution in [1.29, 1.82) is 0 Å². The van der Waals surface area contributed by atoms with Crippen LogP contribution >= 0.6 is 11.3 Å². The summed E-state index contributed by atoms with van der Waals surface area (Å²) in [6.07, 6.45) is 5.50. The Kier molecular flexibility index (Phi) is 4.09. The first-order valence-electron chi connectivity index (χ1n) is 6.73. The molecule has 0 radical (unpaired) electrons. The molecule has 2 heterocycles. The van der Waals surface area contributed by atoms with Gasteiger partial charge in [0.1, 0.15) is 10.6 Å². The van der Waals surface area contributed by atoms with E-state index in [1.54, 1.807) is 11.3 Å². The summed E-state index contributed by atoms with van der Waals surface area (Å²) < 4.78 is 5.94. The van der Waals surface area contributed by atoms with Gasteiger partial charge in [-0.25, -0.2) is 4.98 Å². The molecule has 0 aromatic carbocycles. The number of hydrogen-bond acceptors (Lipinski definition) is 4. The second-order valence-electron chi connectivity index (χ2n) is 6.27. The molecule has 0 aliphatic carbocycles. The van der Waals surface area contributed by atoms with Crippen LogP contribution in [0.2, 0.25) is 0 Å². The number of nitrogens with zero attached hydrogens (tertiary/aromatic N) is 1. The summed E-state index contributed by atoms with van der Waals surface area (Å²) in [5.74, 6) is 0. The fourth-order valence-corrected chi connectivity index (χ4v) is 3.07. The van der Waals surface area contributed by atoms with Gasteiger partial charge in [0.2, 0.25) is 0 Å². The summed E-state index contributed by atoms with van der Waals surface area (Å²) in [4.78, 5) is 5.85. The fourth-order valence-electron chi connectivity index (χ4n) is 2.09. The molecular weight excluding hydrogens is 244 g/mol. The van der Waals surface area contributed by atoms with Crippen molar-refractivity contribution >= 4 is 11.3 Å². The van der Waals surface area contributed by atoms with Gasteiger partial charge in [-0.15, -0.1) is 11.3 Å². The van der Waals surface area contributed by atoms with Crippen LogP contribution in [0.4, 0.5) is 0 Å². The molecule has 0 bridgehead atoms. The predicted molar refractivity (Wildman–Crippen MR) is 75.9 cm³/mol. The van der Waals surface area contributed by atoms with Crippen LogP contribution in [0.15, 0.2) is 6.20 Å². The normalized spacial score (nSPS) is 25.3. The molecule has 1 unspecified atom stereocenters. The van der Waals surface area contributed by atoms with Crippen molar-refractivity contribution in [3.05, 3.63) is 16.1 Å². The summed E-state index contributed by atoms with van der Waals surface area (Å²) in [5, 5.41) is 4.63. The SMILES string of the molecule is CC(C)(C)NCc1cnc(C2(C)CCCCO2)s1. The lowest BCUT2D eigenvalue weighted by molar-refractivity contribution is -0.0702. The maximum absolute atomic E-state index is 5.94. The number of nitrogens with one attached hydrogen (secondary N) is 1. The summed E-state index contributed by atoms with van der Waals surface area (Å²) >= 11 is 1.78. The quantitative estimate of drug-likeness (QED) is 0.911. The van der Waals surface area contributed by atoms with Crippen LogP contribution in [0, 0.1) is 0 Å². The third kappa shape index (κ3) is 3.53. The molecule has 18 heavy (non-hydrogen) atoms. The van der Waals surface area contributed by atoms with Gasteiger partial charge in [0.15, 0.2) is 0 Å². The zero-order valence-electron chi connectivity index (χ0n) is 11.9. The summed E-state index contributed by atoms with van der Waals surface area (Å²) in [6, 6.07) is 0. The van der Waals surface area contributed by atoms with Crippen LogP contribution < -0.4 is 5.32 Å². The van der Waals surface area contributed by atoms with Gasteiger partial charge < -0.3 is 10.1 Å². The van der Waals surface area contributed by atoms with Crippen LogP contribution in [0.1, 0.15) is 56.8 Å². The minimum atomic E-state index is -0.150. The van der Waals surface area contributed by atoms with Gasteiger partial charge in [0.05, 0.1) is 0 Å². The average Bonchev–Trinajstić information content (AvgIpc) is 2.76. The molecule has 1 aliphatic rings. The highest BCUT2D eigenvalue weighted by molar-refractivity contribution is 7.11. The van der Waals surface area contributed by atoms with Gasteiger partial charge in [-0.3, -0.25) is 0 Å². The van der Waals surface area contributed by atoms with Crippen LogP contribution in [0.25, 0.3) is 0 Å². The third-order valence-corrected chi connectivity index (χ3v) is 4.51. The van der Waals surface area contributed by atoms with Gasteiger partial charge in [0.25, 0.3) is 0 Å². The molecule has 4 heteroatoms. The zero-order chi connectivity index (χ0) is 13.2. The van der Waals surface area contributed by atoms with E-state index in [0.717, 1.165) is 24.6 Å². The van der Waals surface area contributed by atoms with Crippen molar-refractivity contribution in [2.75, 3.05) is 6.61 Å². The molecule has 1 aromatic rings. The predicted octanol–water partition coefficient (Wildman–Crippen LogP) is 3.45. The van der Waals surface area contributed by atoms with Gasteiger partial charge in [0, 0.05) is 29.8 Å². The van der Waals surface area contributed by atoms with Gasteiger partial charge in [-0.05, 0) is 47.0 Å². The molecule has 1 fully saturated rings. The molecule has 0 spiro atoms. The maximum Gasteiger partial charge on any atom is 0.125 e. The molecule has 1 saturated heterocycles. The van der Waals surface area contributed by atoms with Gasteiger partial charge >= 0.3 is 0 Å². The van der Waals surface area contributed by atoms with Crippen molar-refractivity contribution in [2.24, 2.45) is 0 Å². The van der Waals surface area contributed by atoms with E-state index in [9.17, 15) is 0 Å². The first-order chi connectivity index (χ1) is 8.39. The van der Waals surface area contributed by atoms with E-state index in [-0.39, 0.29) is 11.1 Å². The highest BCUT2D eigenvalue weighted by Crippen LogP contribution is 2.36. The Balaban J connectivity index is 2.01. The largest absolute Gasteiger partial charge is 0.368 e. The Morgan fingerprint density at radius 3 is 2.83 bits per heavy atom. The first-order valence-corrected chi connectivity index (χ1v) is 7.55. The zero-order valence-corrected chi connectivity index (χ0v) is 12.7. The molecular formula is C14H24N2OS. The average molecular weight is 268 g/mol. The maximum atomic E-state index is 5.94. The monoisotopic (exact) mass is 268 g/mol. The van der Waals surface area contributed by atoms with Gasteiger partial charge in [-0.1, -0.05) is 0 Å². The van der Waals surface area contributed by atoms with E-state index >= 15 is 0 Å². The Morgan fingerprint density at radius 2 is 2.22 bits per heavy atom. The molecule has 1 N–H and O–H groups in total. The lowest BCUT2D eigenvalue weighted by Crippen LogP contribution is -2.34. The Morgan fingerprint density at radius 1 is 1.44 bits per heavy atom. The first kappa shape index (κ1) is 14.0. The minimum absolute atomic E-state index is 0.148. The van der Waals surface area contributed by atoms with Crippen molar-refractivity contribution in [3.8, 4) is 0 Å². The molecule has 1 atom stereocenters. The fraction of sp³-hybridized carbons (Fsp3) is 0.786. The number of hydrogen-bond donors (Lipinski definition) is 1. The number of thiazole rings is 1. The number of ether oxygens (including phenoxy) is 1. The van der Waals surface area contributed by atoms with Crippen molar-refractivity contribution in [1.82, 2.24) is 10.3 Å². The van der Waals surface area contributed by atoms with E-state index in [1.165, 1.54) is 17.7 Å². The molecule has 3 nitrogen and oxygen atoms in total. The highest BCUT2D eigenvalue weighted by atomic mass is 32.1. The van der Waals surface area contributed by atoms with Crippen molar-refractivity contribution < 1.29 is 4.74 Å². The highest BCUT2D eigenvalue weighted by Gasteiger charge is 2.32. The van der Waals surface area contributed by atoms with E-state index in [1.807, 2.05) is 6.20 Å². The van der Waals surface area contributed by atoms with Crippen LogP contribution in [0.5, 0.6) is 0 Å². The second kappa shape index (κ2) is 5.27. The Bertz CT molecular complexity index is 389. The van der Waals surface area contributed by atoms with Crippen LogP contribution in [0.3, 0.4) is 0 Å². The van der Waals surface area contributed by atoms with Crippen molar-refractivity contribution in [2.45, 2.75) is 64.6 Å². The molecule has 2 rings (SSSR count). The molecule has 1 aliphatic heterocycles.